The van der Waals surface area contributed by atoms with Crippen LogP contribution in [0.3, 0.4) is 0 Å². The van der Waals surface area contributed by atoms with Gasteiger partial charge in [-0.2, -0.15) is 0 Å². The van der Waals surface area contributed by atoms with Gasteiger partial charge in [-0.1, -0.05) is 11.6 Å². The molecule has 0 aromatic heterocycles. The topological polar surface area (TPSA) is 75.4 Å². The van der Waals surface area contributed by atoms with E-state index in [4.69, 9.17) is 17.3 Å². The Morgan fingerprint density at radius 1 is 1.44 bits per heavy atom. The summed E-state index contributed by atoms with van der Waals surface area (Å²) in [7, 11) is 1.67. The van der Waals surface area contributed by atoms with E-state index in [0.29, 0.717) is 17.1 Å². The van der Waals surface area contributed by atoms with Crippen molar-refractivity contribution in [1.29, 1.82) is 0 Å². The van der Waals surface area contributed by atoms with Gasteiger partial charge >= 0.3 is 0 Å². The summed E-state index contributed by atoms with van der Waals surface area (Å²) in [6.45, 7) is 2.40. The summed E-state index contributed by atoms with van der Waals surface area (Å²) in [6, 6.07) is 4.60. The number of anilines is 1. The molecule has 0 aliphatic heterocycles. The molecule has 0 fully saturated rings. The molecule has 0 saturated carbocycles. The van der Waals surface area contributed by atoms with E-state index in [1.807, 2.05) is 6.92 Å². The number of likely N-dealkylation sites (N-methyl/N-ethyl adjacent to an activating group) is 1. The standard InChI is InChI=1S/C12H16ClN3O2/c1-3-16(2)11(17)7-15-12(18)9-5-4-8(13)6-10(9)14/h4-6H,3,7,14H2,1-2H3,(H,15,18). The zero-order valence-corrected chi connectivity index (χ0v) is 11.1. The molecule has 0 atom stereocenters. The lowest BCUT2D eigenvalue weighted by Gasteiger charge is -2.15. The highest BCUT2D eigenvalue weighted by Gasteiger charge is 2.12. The van der Waals surface area contributed by atoms with Gasteiger partial charge in [0.25, 0.3) is 5.91 Å². The molecule has 18 heavy (non-hydrogen) atoms. The van der Waals surface area contributed by atoms with Crippen molar-refractivity contribution in [2.75, 3.05) is 25.9 Å². The van der Waals surface area contributed by atoms with Crippen LogP contribution in [0.4, 0.5) is 5.69 Å². The number of nitrogens with two attached hydrogens (primary N) is 1. The Kier molecular flexibility index (Phi) is 4.97. The third kappa shape index (κ3) is 3.63. The Labute approximate surface area is 111 Å². The Morgan fingerprint density at radius 2 is 2.11 bits per heavy atom. The van der Waals surface area contributed by atoms with Crippen LogP contribution in [0, 0.1) is 0 Å². The summed E-state index contributed by atoms with van der Waals surface area (Å²) in [6.07, 6.45) is 0. The largest absolute Gasteiger partial charge is 0.398 e. The molecule has 1 aromatic rings. The van der Waals surface area contributed by atoms with E-state index >= 15 is 0 Å². The molecular weight excluding hydrogens is 254 g/mol. The van der Waals surface area contributed by atoms with Crippen LogP contribution in [0.5, 0.6) is 0 Å². The fraction of sp³-hybridized carbons (Fsp3) is 0.333. The van der Waals surface area contributed by atoms with Crippen LogP contribution in [0.25, 0.3) is 0 Å². The summed E-state index contributed by atoms with van der Waals surface area (Å²) in [5, 5.41) is 2.98. The predicted molar refractivity (Wildman–Crippen MR) is 71.5 cm³/mol. The average molecular weight is 270 g/mol. The molecule has 98 valence electrons. The van der Waals surface area contributed by atoms with Crippen LogP contribution in [0.1, 0.15) is 17.3 Å². The van der Waals surface area contributed by atoms with Crippen molar-refractivity contribution in [3.8, 4) is 0 Å². The molecule has 0 heterocycles. The van der Waals surface area contributed by atoms with E-state index in [2.05, 4.69) is 5.32 Å². The number of hydrogen-bond donors (Lipinski definition) is 2. The van der Waals surface area contributed by atoms with Gasteiger partial charge in [-0.15, -0.1) is 0 Å². The first-order valence-corrected chi connectivity index (χ1v) is 5.90. The monoisotopic (exact) mass is 269 g/mol. The molecule has 2 amide bonds. The van der Waals surface area contributed by atoms with Crippen molar-refractivity contribution in [1.82, 2.24) is 10.2 Å². The van der Waals surface area contributed by atoms with E-state index in [1.165, 1.54) is 17.0 Å². The molecule has 0 spiro atoms. The average Bonchev–Trinajstić information content (AvgIpc) is 2.34. The Hall–Kier alpha value is -1.75. The molecule has 0 bridgehead atoms. The fourth-order valence-corrected chi connectivity index (χ4v) is 1.48. The quantitative estimate of drug-likeness (QED) is 0.805. The van der Waals surface area contributed by atoms with Gasteiger partial charge in [-0.3, -0.25) is 9.59 Å². The van der Waals surface area contributed by atoms with Crippen LogP contribution in [-0.2, 0) is 4.79 Å². The minimum absolute atomic E-state index is 0.0504. The number of nitrogens with zero attached hydrogens (tertiary/aromatic N) is 1. The highest BCUT2D eigenvalue weighted by Crippen LogP contribution is 2.17. The van der Waals surface area contributed by atoms with Crippen LogP contribution in [0.2, 0.25) is 5.02 Å². The summed E-state index contributed by atoms with van der Waals surface area (Å²) in [5.41, 5.74) is 6.27. The Morgan fingerprint density at radius 3 is 2.67 bits per heavy atom. The second-order valence-electron chi connectivity index (χ2n) is 3.82. The highest BCUT2D eigenvalue weighted by molar-refractivity contribution is 6.31. The summed E-state index contributed by atoms with van der Waals surface area (Å²) in [4.78, 5) is 24.8. The van der Waals surface area contributed by atoms with Gasteiger partial charge in [0.2, 0.25) is 5.91 Å². The van der Waals surface area contributed by atoms with Gasteiger partial charge in [-0.05, 0) is 25.1 Å². The first-order valence-electron chi connectivity index (χ1n) is 5.53. The fourth-order valence-electron chi connectivity index (χ4n) is 1.30. The minimum Gasteiger partial charge on any atom is -0.398 e. The van der Waals surface area contributed by atoms with Gasteiger partial charge in [0.05, 0.1) is 12.1 Å². The summed E-state index contributed by atoms with van der Waals surface area (Å²) < 4.78 is 0. The zero-order valence-electron chi connectivity index (χ0n) is 10.4. The molecule has 3 N–H and O–H groups in total. The number of nitrogen functional groups attached to an aromatic ring is 1. The van der Waals surface area contributed by atoms with Gasteiger partial charge in [0, 0.05) is 24.3 Å². The minimum atomic E-state index is -0.387. The van der Waals surface area contributed by atoms with Crippen molar-refractivity contribution in [2.24, 2.45) is 0 Å². The number of benzene rings is 1. The smallest absolute Gasteiger partial charge is 0.253 e. The number of hydrogen-bond acceptors (Lipinski definition) is 3. The zero-order chi connectivity index (χ0) is 13.7. The Balaban J connectivity index is 2.63. The molecule has 0 aliphatic rings. The number of carbonyl (C=O) groups excluding carboxylic acids is 2. The number of carbonyl (C=O) groups is 2. The lowest BCUT2D eigenvalue weighted by Crippen LogP contribution is -2.38. The van der Waals surface area contributed by atoms with Gasteiger partial charge < -0.3 is 16.0 Å². The molecule has 1 aromatic carbocycles. The maximum atomic E-state index is 11.8. The third-order valence-electron chi connectivity index (χ3n) is 2.56. The van der Waals surface area contributed by atoms with Gasteiger partial charge in [-0.25, -0.2) is 0 Å². The number of nitrogens with one attached hydrogen (secondary N) is 1. The van der Waals surface area contributed by atoms with Crippen LogP contribution in [-0.4, -0.2) is 36.9 Å². The molecule has 0 saturated heterocycles. The summed E-state index contributed by atoms with van der Waals surface area (Å²) >= 11 is 5.74. The molecule has 6 heteroatoms. The lowest BCUT2D eigenvalue weighted by molar-refractivity contribution is -0.128. The second kappa shape index (κ2) is 6.26. The number of halogens is 1. The van der Waals surface area contributed by atoms with Crippen molar-refractivity contribution < 1.29 is 9.59 Å². The molecular formula is C12H16ClN3O2. The second-order valence-corrected chi connectivity index (χ2v) is 4.26. The maximum absolute atomic E-state index is 11.8. The predicted octanol–water partition coefficient (Wildman–Crippen LogP) is 1.13. The van der Waals surface area contributed by atoms with E-state index in [1.54, 1.807) is 13.1 Å². The molecule has 0 unspecified atom stereocenters. The first kappa shape index (κ1) is 14.3. The normalized spacial score (nSPS) is 9.94. The van der Waals surface area contributed by atoms with Crippen molar-refractivity contribution >= 4 is 29.1 Å². The van der Waals surface area contributed by atoms with Gasteiger partial charge in [0.1, 0.15) is 0 Å². The van der Waals surface area contributed by atoms with Crippen LogP contribution >= 0.6 is 11.6 Å². The van der Waals surface area contributed by atoms with Crippen molar-refractivity contribution in [3.63, 3.8) is 0 Å². The molecule has 0 aliphatic carbocycles. The molecule has 0 radical (unpaired) electrons. The lowest BCUT2D eigenvalue weighted by atomic mass is 10.1. The SMILES string of the molecule is CCN(C)C(=O)CNC(=O)c1ccc(Cl)cc1N. The number of rotatable bonds is 4. The number of amides is 2. The third-order valence-corrected chi connectivity index (χ3v) is 2.79. The van der Waals surface area contributed by atoms with E-state index in [0.717, 1.165) is 0 Å². The van der Waals surface area contributed by atoms with Crippen LogP contribution < -0.4 is 11.1 Å². The first-order chi connectivity index (χ1) is 8.45. The Bertz CT molecular complexity index is 463. The summed E-state index contributed by atoms with van der Waals surface area (Å²) in [5.74, 6) is -0.541. The van der Waals surface area contributed by atoms with E-state index in [-0.39, 0.29) is 24.0 Å². The van der Waals surface area contributed by atoms with Crippen LogP contribution in [0.15, 0.2) is 18.2 Å². The van der Waals surface area contributed by atoms with E-state index in [9.17, 15) is 9.59 Å². The highest BCUT2D eigenvalue weighted by atomic mass is 35.5. The molecule has 1 rings (SSSR count). The van der Waals surface area contributed by atoms with Crippen molar-refractivity contribution in [2.45, 2.75) is 6.92 Å². The van der Waals surface area contributed by atoms with Gasteiger partial charge in [0.15, 0.2) is 0 Å². The molecule has 5 nitrogen and oxygen atoms in total. The van der Waals surface area contributed by atoms with E-state index < -0.39 is 0 Å². The maximum Gasteiger partial charge on any atom is 0.253 e. The van der Waals surface area contributed by atoms with Crippen molar-refractivity contribution in [3.05, 3.63) is 28.8 Å².